The minimum Gasteiger partial charge on any atom is -0.369 e. The fraction of sp³-hybridized carbons (Fsp3) is 0. The molecule has 0 unspecified atom stereocenters. The van der Waals surface area contributed by atoms with Gasteiger partial charge in [-0.05, 0) is 36.4 Å². The minimum absolute atomic E-state index is 0.406. The Labute approximate surface area is 118 Å². The molecule has 0 saturated carbocycles. The molecule has 3 rings (SSSR count). The van der Waals surface area contributed by atoms with E-state index in [9.17, 15) is 0 Å². The number of imidazole rings is 1. The van der Waals surface area contributed by atoms with Crippen molar-refractivity contribution < 1.29 is 0 Å². The molecule has 0 aliphatic heterocycles. The number of benzene rings is 2. The summed E-state index contributed by atoms with van der Waals surface area (Å²) in [6, 6.07) is 15.2. The molecular formula is C14H9BrN4. The first kappa shape index (κ1) is 11.8. The highest BCUT2D eigenvalue weighted by atomic mass is 79.9. The van der Waals surface area contributed by atoms with Gasteiger partial charge in [0.15, 0.2) is 0 Å². The van der Waals surface area contributed by atoms with Gasteiger partial charge in [-0.2, -0.15) is 5.26 Å². The van der Waals surface area contributed by atoms with Crippen molar-refractivity contribution in [2.24, 2.45) is 0 Å². The number of aromatic nitrogens is 2. The zero-order chi connectivity index (χ0) is 13.4. The normalized spacial score (nSPS) is 10.5. The first-order valence-electron chi connectivity index (χ1n) is 5.63. The molecule has 3 aromatic rings. The molecule has 0 aliphatic rings. The number of nitrogens with zero attached hydrogens (tertiary/aromatic N) is 3. The van der Waals surface area contributed by atoms with E-state index >= 15 is 0 Å². The fourth-order valence-electron chi connectivity index (χ4n) is 2.06. The maximum Gasteiger partial charge on any atom is 0.205 e. The maximum atomic E-state index is 8.97. The lowest BCUT2D eigenvalue weighted by Gasteiger charge is -2.06. The lowest BCUT2D eigenvalue weighted by atomic mass is 10.2. The Morgan fingerprint density at radius 1 is 1.21 bits per heavy atom. The van der Waals surface area contributed by atoms with Crippen LogP contribution in [0.5, 0.6) is 0 Å². The highest BCUT2D eigenvalue weighted by molar-refractivity contribution is 9.10. The molecule has 2 N–H and O–H groups in total. The van der Waals surface area contributed by atoms with E-state index in [1.165, 1.54) is 0 Å². The van der Waals surface area contributed by atoms with E-state index in [2.05, 4.69) is 27.0 Å². The lowest BCUT2D eigenvalue weighted by molar-refractivity contribution is 1.11. The molecule has 0 amide bonds. The van der Waals surface area contributed by atoms with Crippen LogP contribution in [0.25, 0.3) is 16.7 Å². The zero-order valence-electron chi connectivity index (χ0n) is 9.84. The number of nitrogens with two attached hydrogens (primary N) is 1. The Kier molecular flexibility index (Phi) is 2.73. The molecule has 92 valence electrons. The van der Waals surface area contributed by atoms with E-state index in [0.29, 0.717) is 11.5 Å². The second-order valence-corrected chi connectivity index (χ2v) is 5.02. The molecule has 0 aliphatic carbocycles. The Hall–Kier alpha value is -2.32. The lowest BCUT2D eigenvalue weighted by Crippen LogP contribution is -2.00. The van der Waals surface area contributed by atoms with Crippen molar-refractivity contribution in [2.45, 2.75) is 0 Å². The van der Waals surface area contributed by atoms with E-state index in [-0.39, 0.29) is 0 Å². The number of nitriles is 1. The number of anilines is 1. The molecular weight excluding hydrogens is 304 g/mol. The fourth-order valence-corrected chi connectivity index (χ4v) is 2.41. The van der Waals surface area contributed by atoms with Crippen molar-refractivity contribution in [3.05, 3.63) is 52.5 Å². The second kappa shape index (κ2) is 4.41. The van der Waals surface area contributed by atoms with E-state index < -0.39 is 0 Å². The molecule has 0 saturated heterocycles. The summed E-state index contributed by atoms with van der Waals surface area (Å²) >= 11 is 3.41. The van der Waals surface area contributed by atoms with Crippen molar-refractivity contribution in [1.82, 2.24) is 9.55 Å². The molecule has 0 bridgehead atoms. The predicted molar refractivity (Wildman–Crippen MR) is 77.9 cm³/mol. The molecule has 1 aromatic heterocycles. The number of hydrogen-bond donors (Lipinski definition) is 1. The first-order chi connectivity index (χ1) is 9.19. The van der Waals surface area contributed by atoms with Crippen molar-refractivity contribution in [3.8, 4) is 11.8 Å². The quantitative estimate of drug-likeness (QED) is 0.750. The van der Waals surface area contributed by atoms with E-state index in [1.807, 2.05) is 34.9 Å². The van der Waals surface area contributed by atoms with E-state index in [1.54, 1.807) is 12.1 Å². The Morgan fingerprint density at radius 3 is 2.84 bits per heavy atom. The number of rotatable bonds is 1. The Morgan fingerprint density at radius 2 is 2.05 bits per heavy atom. The van der Waals surface area contributed by atoms with Gasteiger partial charge >= 0.3 is 0 Å². The van der Waals surface area contributed by atoms with Gasteiger partial charge in [-0.25, -0.2) is 4.98 Å². The third-order valence-electron chi connectivity index (χ3n) is 2.88. The summed E-state index contributed by atoms with van der Waals surface area (Å²) in [4.78, 5) is 4.33. The van der Waals surface area contributed by atoms with Gasteiger partial charge in [0.25, 0.3) is 0 Å². The maximum absolute atomic E-state index is 8.97. The highest BCUT2D eigenvalue weighted by Gasteiger charge is 2.10. The van der Waals surface area contributed by atoms with Gasteiger partial charge in [0.05, 0.1) is 28.4 Å². The van der Waals surface area contributed by atoms with Crippen LogP contribution in [0.3, 0.4) is 0 Å². The van der Waals surface area contributed by atoms with Crippen molar-refractivity contribution in [3.63, 3.8) is 0 Å². The van der Waals surface area contributed by atoms with Crippen LogP contribution in [0, 0.1) is 11.3 Å². The van der Waals surface area contributed by atoms with Crippen LogP contribution >= 0.6 is 15.9 Å². The average Bonchev–Trinajstić information content (AvgIpc) is 2.73. The summed E-state index contributed by atoms with van der Waals surface area (Å²) < 4.78 is 2.79. The van der Waals surface area contributed by atoms with Gasteiger partial charge in [-0.15, -0.1) is 0 Å². The van der Waals surface area contributed by atoms with Crippen molar-refractivity contribution >= 4 is 32.9 Å². The molecule has 0 atom stereocenters. The van der Waals surface area contributed by atoms with Crippen LogP contribution in [-0.4, -0.2) is 9.55 Å². The summed E-state index contributed by atoms with van der Waals surface area (Å²) in [7, 11) is 0. The smallest absolute Gasteiger partial charge is 0.205 e. The summed E-state index contributed by atoms with van der Waals surface area (Å²) in [5.74, 6) is 0.406. The Balaban J connectivity index is 2.30. The van der Waals surface area contributed by atoms with Gasteiger partial charge in [0.2, 0.25) is 5.95 Å². The standard InChI is InChI=1S/C14H9BrN4/c15-10-4-5-13-12(7-10)18-14(17)19(13)11-3-1-2-9(6-11)8-16/h1-7H,(H2,17,18). The molecule has 4 nitrogen and oxygen atoms in total. The largest absolute Gasteiger partial charge is 0.369 e. The number of nitrogen functional groups attached to an aromatic ring is 1. The van der Waals surface area contributed by atoms with Crippen LogP contribution < -0.4 is 5.73 Å². The van der Waals surface area contributed by atoms with Gasteiger partial charge in [-0.1, -0.05) is 22.0 Å². The van der Waals surface area contributed by atoms with Gasteiger partial charge in [-0.3, -0.25) is 4.57 Å². The van der Waals surface area contributed by atoms with Crippen LogP contribution in [0.15, 0.2) is 46.9 Å². The Bertz CT molecular complexity index is 814. The summed E-state index contributed by atoms with van der Waals surface area (Å²) in [6.07, 6.45) is 0. The van der Waals surface area contributed by atoms with Crippen LogP contribution in [0.2, 0.25) is 0 Å². The minimum atomic E-state index is 0.406. The van der Waals surface area contributed by atoms with Gasteiger partial charge in [0, 0.05) is 4.47 Å². The average molecular weight is 313 g/mol. The third-order valence-corrected chi connectivity index (χ3v) is 3.37. The predicted octanol–water partition coefficient (Wildman–Crippen LogP) is 3.24. The summed E-state index contributed by atoms with van der Waals surface area (Å²) in [5.41, 5.74) is 9.14. The summed E-state index contributed by atoms with van der Waals surface area (Å²) in [6.45, 7) is 0. The molecule has 2 aromatic carbocycles. The SMILES string of the molecule is N#Cc1cccc(-n2c(N)nc3cc(Br)ccc32)c1. The number of fused-ring (bicyclic) bond motifs is 1. The van der Waals surface area contributed by atoms with Crippen molar-refractivity contribution in [1.29, 1.82) is 5.26 Å². The number of halogens is 1. The van der Waals surface area contributed by atoms with E-state index in [0.717, 1.165) is 21.2 Å². The molecule has 1 heterocycles. The number of hydrogen-bond acceptors (Lipinski definition) is 3. The van der Waals surface area contributed by atoms with Gasteiger partial charge < -0.3 is 5.73 Å². The van der Waals surface area contributed by atoms with Gasteiger partial charge in [0.1, 0.15) is 0 Å². The van der Waals surface area contributed by atoms with Crippen LogP contribution in [-0.2, 0) is 0 Å². The molecule has 5 heteroatoms. The topological polar surface area (TPSA) is 67.6 Å². The van der Waals surface area contributed by atoms with E-state index in [4.69, 9.17) is 11.0 Å². The molecule has 0 fully saturated rings. The summed E-state index contributed by atoms with van der Waals surface area (Å²) in [5, 5.41) is 8.97. The molecule has 0 radical (unpaired) electrons. The monoisotopic (exact) mass is 312 g/mol. The second-order valence-electron chi connectivity index (χ2n) is 4.10. The van der Waals surface area contributed by atoms with Crippen LogP contribution in [0.1, 0.15) is 5.56 Å². The van der Waals surface area contributed by atoms with Crippen LogP contribution in [0.4, 0.5) is 5.95 Å². The molecule has 19 heavy (non-hydrogen) atoms. The third kappa shape index (κ3) is 1.96. The zero-order valence-corrected chi connectivity index (χ0v) is 11.4. The van der Waals surface area contributed by atoms with Crippen molar-refractivity contribution in [2.75, 3.05) is 5.73 Å². The first-order valence-corrected chi connectivity index (χ1v) is 6.42. The highest BCUT2D eigenvalue weighted by Crippen LogP contribution is 2.25. The molecule has 0 spiro atoms.